The number of fused-ring (bicyclic) bond motifs is 1. The first-order chi connectivity index (χ1) is 8.96. The third-order valence-corrected chi connectivity index (χ3v) is 4.78. The SMILES string of the molecule is C[C@@]12CN(Cc3ccccc3)C[C@]1(C)C(=O)NC2=O. The highest BCUT2D eigenvalue weighted by Crippen LogP contribution is 2.50. The van der Waals surface area contributed by atoms with Crippen molar-refractivity contribution in [1.82, 2.24) is 10.2 Å². The lowest BCUT2D eigenvalue weighted by Gasteiger charge is -2.26. The van der Waals surface area contributed by atoms with Gasteiger partial charge < -0.3 is 0 Å². The van der Waals surface area contributed by atoms with E-state index >= 15 is 0 Å². The van der Waals surface area contributed by atoms with E-state index in [2.05, 4.69) is 22.3 Å². The fraction of sp³-hybridized carbons (Fsp3) is 0.467. The van der Waals surface area contributed by atoms with Gasteiger partial charge in [-0.05, 0) is 19.4 Å². The molecule has 19 heavy (non-hydrogen) atoms. The summed E-state index contributed by atoms with van der Waals surface area (Å²) in [6.07, 6.45) is 0. The standard InChI is InChI=1S/C15H18N2O2/c1-14-9-17(8-11-6-4-3-5-7-11)10-15(14,2)13(19)16-12(14)18/h3-7H,8-10H2,1-2H3,(H,16,18,19)/t14-,15+. The van der Waals surface area contributed by atoms with Crippen LogP contribution in [0.1, 0.15) is 19.4 Å². The molecule has 0 aliphatic carbocycles. The first-order valence-corrected chi connectivity index (χ1v) is 6.58. The van der Waals surface area contributed by atoms with Gasteiger partial charge in [-0.25, -0.2) is 0 Å². The summed E-state index contributed by atoms with van der Waals surface area (Å²) in [5.74, 6) is -0.258. The number of nitrogens with one attached hydrogen (secondary N) is 1. The van der Waals surface area contributed by atoms with Crippen LogP contribution in [0.5, 0.6) is 0 Å². The summed E-state index contributed by atoms with van der Waals surface area (Å²) in [7, 11) is 0. The molecule has 2 saturated heterocycles. The molecule has 100 valence electrons. The monoisotopic (exact) mass is 258 g/mol. The van der Waals surface area contributed by atoms with E-state index in [1.54, 1.807) is 0 Å². The fourth-order valence-electron chi connectivity index (χ4n) is 3.28. The molecule has 0 spiro atoms. The Hall–Kier alpha value is -1.68. The van der Waals surface area contributed by atoms with Crippen LogP contribution < -0.4 is 5.32 Å². The van der Waals surface area contributed by atoms with Crippen LogP contribution in [0.3, 0.4) is 0 Å². The van der Waals surface area contributed by atoms with E-state index in [0.717, 1.165) is 6.54 Å². The van der Waals surface area contributed by atoms with E-state index in [9.17, 15) is 9.59 Å². The van der Waals surface area contributed by atoms with Gasteiger partial charge in [0.15, 0.2) is 0 Å². The molecule has 2 fully saturated rings. The van der Waals surface area contributed by atoms with Crippen LogP contribution in [0.15, 0.2) is 30.3 Å². The molecular weight excluding hydrogens is 240 g/mol. The van der Waals surface area contributed by atoms with Crippen LogP contribution in [0.2, 0.25) is 0 Å². The number of imide groups is 1. The zero-order valence-corrected chi connectivity index (χ0v) is 11.3. The van der Waals surface area contributed by atoms with Crippen molar-refractivity contribution in [3.63, 3.8) is 0 Å². The minimum atomic E-state index is -0.598. The summed E-state index contributed by atoms with van der Waals surface area (Å²) in [5.41, 5.74) is 0.0140. The molecule has 2 amide bonds. The average molecular weight is 258 g/mol. The first-order valence-electron chi connectivity index (χ1n) is 6.58. The Bertz CT molecular complexity index is 514. The molecule has 1 N–H and O–H groups in total. The van der Waals surface area contributed by atoms with Gasteiger partial charge in [0.2, 0.25) is 11.8 Å². The Labute approximate surface area is 112 Å². The van der Waals surface area contributed by atoms with Gasteiger partial charge in [-0.3, -0.25) is 19.8 Å². The second-order valence-electron chi connectivity index (χ2n) is 6.08. The lowest BCUT2D eigenvalue weighted by molar-refractivity contribution is -0.128. The van der Waals surface area contributed by atoms with Crippen molar-refractivity contribution in [2.75, 3.05) is 13.1 Å². The number of nitrogens with zero attached hydrogens (tertiary/aromatic N) is 1. The van der Waals surface area contributed by atoms with Gasteiger partial charge in [-0.15, -0.1) is 0 Å². The number of benzene rings is 1. The van der Waals surface area contributed by atoms with E-state index < -0.39 is 10.8 Å². The lowest BCUT2D eigenvalue weighted by atomic mass is 9.70. The van der Waals surface area contributed by atoms with Gasteiger partial charge in [0.05, 0.1) is 10.8 Å². The Morgan fingerprint density at radius 3 is 2.11 bits per heavy atom. The predicted molar refractivity (Wildman–Crippen MR) is 71.1 cm³/mol. The molecule has 0 radical (unpaired) electrons. The first kappa shape index (κ1) is 12.4. The van der Waals surface area contributed by atoms with Crippen molar-refractivity contribution in [2.24, 2.45) is 10.8 Å². The van der Waals surface area contributed by atoms with E-state index in [1.807, 2.05) is 32.0 Å². The van der Waals surface area contributed by atoms with Crippen molar-refractivity contribution in [1.29, 1.82) is 0 Å². The lowest BCUT2D eigenvalue weighted by Crippen LogP contribution is -2.38. The number of amides is 2. The van der Waals surface area contributed by atoms with Gasteiger partial charge in [0.1, 0.15) is 0 Å². The third kappa shape index (κ3) is 1.63. The largest absolute Gasteiger partial charge is 0.297 e. The molecule has 2 aliphatic rings. The zero-order valence-electron chi connectivity index (χ0n) is 11.3. The molecule has 0 saturated carbocycles. The molecule has 2 heterocycles. The summed E-state index contributed by atoms with van der Waals surface area (Å²) >= 11 is 0. The molecule has 3 rings (SSSR count). The van der Waals surface area contributed by atoms with E-state index in [-0.39, 0.29) is 11.8 Å². The Balaban J connectivity index is 1.84. The summed E-state index contributed by atoms with van der Waals surface area (Å²) < 4.78 is 0. The minimum absolute atomic E-state index is 0.129. The van der Waals surface area contributed by atoms with Crippen LogP contribution in [-0.2, 0) is 16.1 Å². The Kier molecular flexibility index (Phi) is 2.54. The summed E-state index contributed by atoms with van der Waals surface area (Å²) in [6.45, 7) is 5.86. The molecule has 0 aromatic heterocycles. The van der Waals surface area contributed by atoms with Gasteiger partial charge in [-0.1, -0.05) is 30.3 Å². The molecule has 4 heteroatoms. The summed E-state index contributed by atoms with van der Waals surface area (Å²) in [4.78, 5) is 26.3. The average Bonchev–Trinajstić information content (AvgIpc) is 2.71. The maximum Gasteiger partial charge on any atom is 0.234 e. The molecule has 0 unspecified atom stereocenters. The molecule has 4 nitrogen and oxygen atoms in total. The summed E-state index contributed by atoms with van der Waals surface area (Å²) in [5, 5.41) is 2.48. The van der Waals surface area contributed by atoms with Gasteiger partial charge in [0, 0.05) is 19.6 Å². The normalized spacial score (nSPS) is 34.4. The van der Waals surface area contributed by atoms with Crippen molar-refractivity contribution < 1.29 is 9.59 Å². The van der Waals surface area contributed by atoms with Gasteiger partial charge >= 0.3 is 0 Å². The smallest absolute Gasteiger partial charge is 0.234 e. The predicted octanol–water partition coefficient (Wildman–Crippen LogP) is 1.17. The number of carbonyl (C=O) groups is 2. The molecule has 2 atom stereocenters. The van der Waals surface area contributed by atoms with E-state index in [0.29, 0.717) is 13.1 Å². The minimum Gasteiger partial charge on any atom is -0.297 e. The van der Waals surface area contributed by atoms with Crippen molar-refractivity contribution in [2.45, 2.75) is 20.4 Å². The molecular formula is C15H18N2O2. The Morgan fingerprint density at radius 2 is 1.58 bits per heavy atom. The highest BCUT2D eigenvalue weighted by molar-refractivity contribution is 6.10. The second-order valence-corrected chi connectivity index (χ2v) is 6.08. The van der Waals surface area contributed by atoms with Crippen LogP contribution >= 0.6 is 0 Å². The third-order valence-electron chi connectivity index (χ3n) is 4.78. The maximum atomic E-state index is 12.0. The highest BCUT2D eigenvalue weighted by Gasteiger charge is 2.65. The molecule has 2 aliphatic heterocycles. The van der Waals surface area contributed by atoms with Crippen LogP contribution in [0.4, 0.5) is 0 Å². The maximum absolute atomic E-state index is 12.0. The quantitative estimate of drug-likeness (QED) is 0.810. The second kappa shape index (κ2) is 3.90. The zero-order chi connectivity index (χ0) is 13.7. The van der Waals surface area contributed by atoms with Crippen LogP contribution in [0, 0.1) is 10.8 Å². The van der Waals surface area contributed by atoms with Gasteiger partial charge in [0.25, 0.3) is 0 Å². The molecule has 1 aromatic carbocycles. The van der Waals surface area contributed by atoms with Crippen molar-refractivity contribution >= 4 is 11.8 Å². The summed E-state index contributed by atoms with van der Waals surface area (Å²) in [6, 6.07) is 10.1. The van der Waals surface area contributed by atoms with Crippen molar-refractivity contribution in [3.05, 3.63) is 35.9 Å². The van der Waals surface area contributed by atoms with E-state index in [4.69, 9.17) is 0 Å². The number of rotatable bonds is 2. The molecule has 0 bridgehead atoms. The number of carbonyl (C=O) groups excluding carboxylic acids is 2. The van der Waals surface area contributed by atoms with Crippen molar-refractivity contribution in [3.8, 4) is 0 Å². The Morgan fingerprint density at radius 1 is 1.05 bits per heavy atom. The topological polar surface area (TPSA) is 49.4 Å². The number of hydrogen-bond acceptors (Lipinski definition) is 3. The number of hydrogen-bond donors (Lipinski definition) is 1. The van der Waals surface area contributed by atoms with E-state index in [1.165, 1.54) is 5.56 Å². The van der Waals surface area contributed by atoms with Crippen LogP contribution in [-0.4, -0.2) is 29.8 Å². The molecule has 1 aromatic rings. The fourth-order valence-corrected chi connectivity index (χ4v) is 3.28. The highest BCUT2D eigenvalue weighted by atomic mass is 16.2. The van der Waals surface area contributed by atoms with Crippen LogP contribution in [0.25, 0.3) is 0 Å². The number of likely N-dealkylation sites (tertiary alicyclic amines) is 1. The van der Waals surface area contributed by atoms with Gasteiger partial charge in [-0.2, -0.15) is 0 Å².